The van der Waals surface area contributed by atoms with Gasteiger partial charge in [0, 0.05) is 17.0 Å². The summed E-state index contributed by atoms with van der Waals surface area (Å²) in [5, 5.41) is 0. The van der Waals surface area contributed by atoms with Crippen LogP contribution in [0, 0.1) is 17.8 Å². The van der Waals surface area contributed by atoms with Crippen LogP contribution in [0.2, 0.25) is 0 Å². The molecule has 5 atom stereocenters. The highest BCUT2D eigenvalue weighted by Crippen LogP contribution is 2.40. The maximum atomic E-state index is 11.8. The lowest BCUT2D eigenvalue weighted by molar-refractivity contribution is -0.141. The molecule has 19 heavy (non-hydrogen) atoms. The highest BCUT2D eigenvalue weighted by molar-refractivity contribution is 14.1. The van der Waals surface area contributed by atoms with Crippen molar-refractivity contribution < 1.29 is 14.3 Å². The molecule has 1 aliphatic heterocycles. The van der Waals surface area contributed by atoms with Gasteiger partial charge >= 0.3 is 5.97 Å². The van der Waals surface area contributed by atoms with Gasteiger partial charge in [-0.2, -0.15) is 0 Å². The number of esters is 1. The van der Waals surface area contributed by atoms with Crippen molar-refractivity contribution in [3.8, 4) is 0 Å². The van der Waals surface area contributed by atoms with Crippen molar-refractivity contribution in [2.45, 2.75) is 42.1 Å². The van der Waals surface area contributed by atoms with Gasteiger partial charge in [0.1, 0.15) is 0 Å². The van der Waals surface area contributed by atoms with E-state index in [1.165, 1.54) is 6.42 Å². The van der Waals surface area contributed by atoms with Gasteiger partial charge in [-0.05, 0) is 31.6 Å². The van der Waals surface area contributed by atoms with Crippen molar-refractivity contribution >= 4 is 28.6 Å². The third-order valence-electron chi connectivity index (χ3n) is 4.53. The van der Waals surface area contributed by atoms with E-state index in [4.69, 9.17) is 9.47 Å². The first kappa shape index (κ1) is 15.3. The number of fused-ring (bicyclic) bond motifs is 1. The number of alkyl halides is 1. The van der Waals surface area contributed by atoms with E-state index in [2.05, 4.69) is 29.2 Å². The molecule has 0 radical (unpaired) electrons. The topological polar surface area (TPSA) is 35.5 Å². The third-order valence-corrected chi connectivity index (χ3v) is 6.07. The fourth-order valence-electron chi connectivity index (χ4n) is 3.43. The molecule has 1 saturated carbocycles. The normalized spacial score (nSPS) is 36.8. The molecule has 0 aromatic heterocycles. The largest absolute Gasteiger partial charge is 0.465 e. The molecule has 1 aliphatic carbocycles. The fraction of sp³-hybridized carbons (Fsp3) is 0.800. The van der Waals surface area contributed by atoms with Crippen LogP contribution in [0.5, 0.6) is 0 Å². The van der Waals surface area contributed by atoms with E-state index < -0.39 is 0 Å². The van der Waals surface area contributed by atoms with Crippen LogP contribution in [0.15, 0.2) is 12.7 Å². The second kappa shape index (κ2) is 7.07. The Morgan fingerprint density at radius 2 is 2.37 bits per heavy atom. The van der Waals surface area contributed by atoms with Crippen LogP contribution in [0.25, 0.3) is 0 Å². The van der Waals surface area contributed by atoms with E-state index in [9.17, 15) is 4.79 Å². The highest BCUT2D eigenvalue weighted by atomic mass is 127. The van der Waals surface area contributed by atoms with Crippen molar-refractivity contribution in [1.29, 1.82) is 0 Å². The summed E-state index contributed by atoms with van der Waals surface area (Å²) in [4.78, 5) is 11.8. The van der Waals surface area contributed by atoms with Crippen LogP contribution in [0.3, 0.4) is 0 Å². The van der Waals surface area contributed by atoms with Crippen molar-refractivity contribution in [3.63, 3.8) is 0 Å². The lowest BCUT2D eigenvalue weighted by atomic mass is 9.76. The molecular formula is C15H23IO3. The minimum Gasteiger partial charge on any atom is -0.465 e. The Morgan fingerprint density at radius 3 is 3.05 bits per heavy atom. The molecule has 4 heteroatoms. The zero-order chi connectivity index (χ0) is 13.8. The van der Waals surface area contributed by atoms with Gasteiger partial charge in [-0.1, -0.05) is 35.1 Å². The Labute approximate surface area is 129 Å². The predicted octanol–water partition coefficient (Wildman–Crippen LogP) is 3.36. The Hall–Kier alpha value is -0.100. The number of hydrogen-bond donors (Lipinski definition) is 0. The standard InChI is InChI=1S/C15H23IO3/c1-3-5-14(18-2)12-8-10-9-19-15(17)11(10)6-4-7-13(12)16/h3,10-14H,1,4-9H2,2H3/t10-,11-,12-,13?,14+/m1/s1. The minimum atomic E-state index is 0.0216. The molecule has 0 spiro atoms. The summed E-state index contributed by atoms with van der Waals surface area (Å²) in [6.07, 6.45) is 7.35. The summed E-state index contributed by atoms with van der Waals surface area (Å²) in [7, 11) is 1.78. The number of hydrogen-bond acceptors (Lipinski definition) is 3. The SMILES string of the molecule is C=CC[C@H](OC)[C@@H]1C[C@@H]2COC(=O)[C@@H]2CCCC1I. The van der Waals surface area contributed by atoms with Gasteiger partial charge in [-0.3, -0.25) is 4.79 Å². The number of cyclic esters (lactones) is 1. The van der Waals surface area contributed by atoms with E-state index in [1.807, 2.05) is 6.08 Å². The highest BCUT2D eigenvalue weighted by Gasteiger charge is 2.42. The molecule has 0 amide bonds. The van der Waals surface area contributed by atoms with Gasteiger partial charge in [0.25, 0.3) is 0 Å². The first-order chi connectivity index (χ1) is 9.17. The summed E-state index contributed by atoms with van der Waals surface area (Å²) in [6, 6.07) is 0. The molecule has 0 aromatic carbocycles. The smallest absolute Gasteiger partial charge is 0.309 e. The first-order valence-corrected chi connectivity index (χ1v) is 8.36. The van der Waals surface area contributed by atoms with Crippen LogP contribution >= 0.6 is 22.6 Å². The van der Waals surface area contributed by atoms with Crippen molar-refractivity contribution in [2.24, 2.45) is 17.8 Å². The van der Waals surface area contributed by atoms with Crippen LogP contribution in [-0.4, -0.2) is 29.7 Å². The number of carbonyl (C=O) groups excluding carboxylic acids is 1. The summed E-state index contributed by atoms with van der Waals surface area (Å²) in [6.45, 7) is 4.43. The van der Waals surface area contributed by atoms with Gasteiger partial charge in [0.2, 0.25) is 0 Å². The fourth-order valence-corrected chi connectivity index (χ4v) is 4.63. The molecule has 1 unspecified atom stereocenters. The van der Waals surface area contributed by atoms with Gasteiger partial charge in [-0.25, -0.2) is 0 Å². The molecule has 2 rings (SSSR count). The van der Waals surface area contributed by atoms with Crippen LogP contribution in [0.4, 0.5) is 0 Å². The second-order valence-electron chi connectivity index (χ2n) is 5.64. The van der Waals surface area contributed by atoms with Crippen LogP contribution in [-0.2, 0) is 14.3 Å². The minimum absolute atomic E-state index is 0.0216. The lowest BCUT2D eigenvalue weighted by Gasteiger charge is -2.34. The number of carbonyl (C=O) groups is 1. The Morgan fingerprint density at radius 1 is 1.58 bits per heavy atom. The van der Waals surface area contributed by atoms with E-state index in [0.717, 1.165) is 25.7 Å². The summed E-state index contributed by atoms with van der Waals surface area (Å²) in [5.74, 6) is 1.03. The molecule has 108 valence electrons. The average Bonchev–Trinajstić information content (AvgIpc) is 2.72. The molecule has 0 bridgehead atoms. The molecule has 0 aromatic rings. The number of ether oxygens (including phenoxy) is 2. The van der Waals surface area contributed by atoms with Crippen molar-refractivity contribution in [2.75, 3.05) is 13.7 Å². The zero-order valence-electron chi connectivity index (χ0n) is 11.5. The van der Waals surface area contributed by atoms with E-state index in [0.29, 0.717) is 22.4 Å². The van der Waals surface area contributed by atoms with Gasteiger partial charge in [0.15, 0.2) is 0 Å². The quantitative estimate of drug-likeness (QED) is 0.326. The number of halogens is 1. The molecule has 2 aliphatic rings. The Bertz CT molecular complexity index is 331. The Kier molecular flexibility index (Phi) is 5.69. The van der Waals surface area contributed by atoms with Gasteiger partial charge in [-0.15, -0.1) is 6.58 Å². The number of methoxy groups -OCH3 is 1. The second-order valence-corrected chi connectivity index (χ2v) is 7.24. The lowest BCUT2D eigenvalue weighted by Crippen LogP contribution is -2.35. The summed E-state index contributed by atoms with van der Waals surface area (Å²) >= 11 is 2.56. The zero-order valence-corrected chi connectivity index (χ0v) is 13.7. The van der Waals surface area contributed by atoms with E-state index in [1.54, 1.807) is 7.11 Å². The van der Waals surface area contributed by atoms with E-state index in [-0.39, 0.29) is 18.0 Å². The monoisotopic (exact) mass is 378 g/mol. The van der Waals surface area contributed by atoms with Crippen molar-refractivity contribution in [1.82, 2.24) is 0 Å². The summed E-state index contributed by atoms with van der Waals surface area (Å²) < 4.78 is 11.5. The maximum Gasteiger partial charge on any atom is 0.309 e. The van der Waals surface area contributed by atoms with Crippen LogP contribution < -0.4 is 0 Å². The maximum absolute atomic E-state index is 11.8. The van der Waals surface area contributed by atoms with E-state index >= 15 is 0 Å². The first-order valence-electron chi connectivity index (χ1n) is 7.11. The Balaban J connectivity index is 2.11. The molecule has 0 N–H and O–H groups in total. The summed E-state index contributed by atoms with van der Waals surface area (Å²) in [5.41, 5.74) is 0. The number of rotatable bonds is 4. The van der Waals surface area contributed by atoms with Crippen LogP contribution in [0.1, 0.15) is 32.1 Å². The van der Waals surface area contributed by atoms with Crippen molar-refractivity contribution in [3.05, 3.63) is 12.7 Å². The van der Waals surface area contributed by atoms with Gasteiger partial charge in [0.05, 0.1) is 18.6 Å². The predicted molar refractivity (Wildman–Crippen MR) is 83.3 cm³/mol. The molecule has 1 saturated heterocycles. The molecule has 2 fully saturated rings. The average molecular weight is 378 g/mol. The molecular weight excluding hydrogens is 355 g/mol. The molecule has 3 nitrogen and oxygen atoms in total. The van der Waals surface area contributed by atoms with Gasteiger partial charge < -0.3 is 9.47 Å². The molecule has 1 heterocycles. The third kappa shape index (κ3) is 3.51.